The van der Waals surface area contributed by atoms with E-state index in [1.165, 1.54) is 24.2 Å². The molecule has 2 fully saturated rings. The fourth-order valence-electron chi connectivity index (χ4n) is 4.51. The minimum Gasteiger partial charge on any atom is -0.496 e. The van der Waals surface area contributed by atoms with Crippen LogP contribution in [0.25, 0.3) is 0 Å². The van der Waals surface area contributed by atoms with E-state index in [0.717, 1.165) is 30.8 Å². The second kappa shape index (κ2) is 8.40. The van der Waals surface area contributed by atoms with Gasteiger partial charge in [-0.25, -0.2) is 0 Å². The van der Waals surface area contributed by atoms with Crippen LogP contribution in [0.4, 0.5) is 0 Å². The Morgan fingerprint density at radius 3 is 2.65 bits per heavy atom. The van der Waals surface area contributed by atoms with Crippen LogP contribution in [0.15, 0.2) is 24.3 Å². The van der Waals surface area contributed by atoms with Gasteiger partial charge < -0.3 is 20.1 Å². The highest BCUT2D eigenvalue weighted by Gasteiger charge is 2.38. The number of carbonyl (C=O) groups is 1. The van der Waals surface area contributed by atoms with Gasteiger partial charge in [-0.2, -0.15) is 0 Å². The zero-order valence-corrected chi connectivity index (χ0v) is 16.1. The van der Waals surface area contributed by atoms with E-state index < -0.39 is 5.60 Å². The van der Waals surface area contributed by atoms with Crippen LogP contribution in [0.1, 0.15) is 51.0 Å². The summed E-state index contributed by atoms with van der Waals surface area (Å²) < 4.78 is 5.42. The van der Waals surface area contributed by atoms with Crippen LogP contribution in [0.5, 0.6) is 5.75 Å². The van der Waals surface area contributed by atoms with Gasteiger partial charge >= 0.3 is 0 Å². The molecule has 0 spiro atoms. The number of nitrogens with one attached hydrogen (secondary N) is 2. The van der Waals surface area contributed by atoms with Crippen molar-refractivity contribution < 1.29 is 19.5 Å². The predicted molar refractivity (Wildman–Crippen MR) is 101 cm³/mol. The molecule has 0 radical (unpaired) electrons. The number of ether oxygens (including phenoxy) is 1. The normalized spacial score (nSPS) is 32.0. The fraction of sp³-hybridized carbons (Fsp3) is 0.667. The van der Waals surface area contributed by atoms with Crippen molar-refractivity contribution in [3.8, 4) is 5.75 Å². The van der Waals surface area contributed by atoms with E-state index in [2.05, 4.69) is 12.2 Å². The van der Waals surface area contributed by atoms with Gasteiger partial charge in [-0.3, -0.25) is 4.79 Å². The number of carbonyl (C=O) groups excluding carboxylic acids is 1. The van der Waals surface area contributed by atoms with Crippen molar-refractivity contribution in [2.75, 3.05) is 26.7 Å². The summed E-state index contributed by atoms with van der Waals surface area (Å²) in [5.74, 6) is 1.48. The molecular formula is C21H33N2O3+. The summed E-state index contributed by atoms with van der Waals surface area (Å²) in [6.45, 7) is 4.33. The molecule has 5 nitrogen and oxygen atoms in total. The minimum atomic E-state index is -0.857. The number of amides is 1. The van der Waals surface area contributed by atoms with Crippen molar-refractivity contribution >= 4 is 5.91 Å². The molecule has 2 aliphatic rings. The van der Waals surface area contributed by atoms with Crippen molar-refractivity contribution in [2.45, 2.75) is 57.1 Å². The lowest BCUT2D eigenvalue weighted by Crippen LogP contribution is -3.14. The zero-order chi connectivity index (χ0) is 18.6. The van der Waals surface area contributed by atoms with Gasteiger partial charge in [-0.05, 0) is 24.8 Å². The predicted octanol–water partition coefficient (Wildman–Crippen LogP) is 1.26. The van der Waals surface area contributed by atoms with Crippen LogP contribution in [0, 0.1) is 5.92 Å². The quantitative estimate of drug-likeness (QED) is 0.740. The number of para-hydroxylation sites is 1. The molecule has 0 aromatic heterocycles. The first-order valence-corrected chi connectivity index (χ1v) is 10.0. The maximum absolute atomic E-state index is 12.4. The van der Waals surface area contributed by atoms with E-state index in [9.17, 15) is 9.90 Å². The van der Waals surface area contributed by atoms with Crippen molar-refractivity contribution in [3.63, 3.8) is 0 Å². The van der Waals surface area contributed by atoms with Crippen LogP contribution < -0.4 is 15.0 Å². The molecule has 3 rings (SSSR count). The Hall–Kier alpha value is -1.59. The van der Waals surface area contributed by atoms with E-state index in [0.29, 0.717) is 31.3 Å². The zero-order valence-electron chi connectivity index (χ0n) is 16.1. The summed E-state index contributed by atoms with van der Waals surface area (Å²) in [6, 6.07) is 8.04. The van der Waals surface area contributed by atoms with Gasteiger partial charge in [0.1, 0.15) is 11.4 Å². The van der Waals surface area contributed by atoms with E-state index in [-0.39, 0.29) is 5.91 Å². The molecule has 2 atom stereocenters. The summed E-state index contributed by atoms with van der Waals surface area (Å²) in [7, 11) is 1.64. The standard InChI is InChI=1S/C21H32N2O3/c1-16-7-3-5-9-18(16)22-20(24)15-23-13-11-21(25,12-14-23)17-8-4-6-10-19(17)26-2/h4,6,8,10,16,18,25H,3,5,7,9,11-15H2,1-2H3,(H,22,24)/p+1/t16-,18+/m1/s1. The summed E-state index contributed by atoms with van der Waals surface area (Å²) in [5, 5.41) is 14.4. The lowest BCUT2D eigenvalue weighted by molar-refractivity contribution is -0.900. The Morgan fingerprint density at radius 1 is 1.27 bits per heavy atom. The topological polar surface area (TPSA) is 63.0 Å². The number of aliphatic hydroxyl groups is 1. The number of rotatable bonds is 5. The molecule has 0 unspecified atom stereocenters. The largest absolute Gasteiger partial charge is 0.496 e. The average Bonchev–Trinajstić information content (AvgIpc) is 2.65. The van der Waals surface area contributed by atoms with E-state index >= 15 is 0 Å². The molecule has 1 aromatic carbocycles. The highest BCUT2D eigenvalue weighted by molar-refractivity contribution is 5.77. The van der Waals surface area contributed by atoms with Crippen LogP contribution in [0.2, 0.25) is 0 Å². The molecule has 5 heteroatoms. The molecule has 144 valence electrons. The molecule has 1 saturated carbocycles. The third-order valence-corrected chi connectivity index (χ3v) is 6.26. The molecule has 0 bridgehead atoms. The smallest absolute Gasteiger partial charge is 0.275 e. The van der Waals surface area contributed by atoms with E-state index in [4.69, 9.17) is 4.74 Å². The first-order valence-electron chi connectivity index (χ1n) is 10.0. The van der Waals surface area contributed by atoms with Crippen LogP contribution in [0.3, 0.4) is 0 Å². The number of quaternary nitrogens is 1. The van der Waals surface area contributed by atoms with Crippen LogP contribution in [-0.4, -0.2) is 43.8 Å². The molecule has 1 aliphatic carbocycles. The second-order valence-electron chi connectivity index (χ2n) is 8.09. The summed E-state index contributed by atoms with van der Waals surface area (Å²) in [6.07, 6.45) is 6.12. The SMILES string of the molecule is COc1ccccc1C1(O)CC[NH+](CC(=O)N[C@H]2CCCC[C@H]2C)CC1. The summed E-state index contributed by atoms with van der Waals surface area (Å²) in [4.78, 5) is 13.7. The molecule has 1 saturated heterocycles. The third-order valence-electron chi connectivity index (χ3n) is 6.26. The van der Waals surface area contributed by atoms with Gasteiger partial charge in [-0.1, -0.05) is 38.0 Å². The highest BCUT2D eigenvalue weighted by Crippen LogP contribution is 2.35. The minimum absolute atomic E-state index is 0.154. The Bertz CT molecular complexity index is 611. The number of hydrogen-bond donors (Lipinski definition) is 3. The Morgan fingerprint density at radius 2 is 1.96 bits per heavy atom. The highest BCUT2D eigenvalue weighted by atomic mass is 16.5. The Labute approximate surface area is 156 Å². The summed E-state index contributed by atoms with van der Waals surface area (Å²) in [5.41, 5.74) is 0.00631. The van der Waals surface area contributed by atoms with Gasteiger partial charge in [0.15, 0.2) is 6.54 Å². The fourth-order valence-corrected chi connectivity index (χ4v) is 4.51. The number of hydrogen-bond acceptors (Lipinski definition) is 3. The van der Waals surface area contributed by atoms with Crippen molar-refractivity contribution in [3.05, 3.63) is 29.8 Å². The van der Waals surface area contributed by atoms with E-state index in [1.54, 1.807) is 7.11 Å². The molecule has 1 aliphatic heterocycles. The molecule has 3 N–H and O–H groups in total. The molecule has 1 aromatic rings. The second-order valence-corrected chi connectivity index (χ2v) is 8.09. The van der Waals surface area contributed by atoms with E-state index in [1.807, 2.05) is 24.3 Å². The lowest BCUT2D eigenvalue weighted by atomic mass is 9.84. The van der Waals surface area contributed by atoms with Crippen LogP contribution in [-0.2, 0) is 10.4 Å². The van der Waals surface area contributed by atoms with Gasteiger partial charge in [0.05, 0.1) is 20.2 Å². The Balaban J connectivity index is 1.52. The van der Waals surface area contributed by atoms with Crippen LogP contribution >= 0.6 is 0 Å². The van der Waals surface area contributed by atoms with Crippen molar-refractivity contribution in [1.82, 2.24) is 5.32 Å². The molecule has 26 heavy (non-hydrogen) atoms. The first-order chi connectivity index (χ1) is 12.5. The Kier molecular flexibility index (Phi) is 6.20. The summed E-state index contributed by atoms with van der Waals surface area (Å²) >= 11 is 0. The number of methoxy groups -OCH3 is 1. The van der Waals surface area contributed by atoms with Crippen molar-refractivity contribution in [2.24, 2.45) is 5.92 Å². The van der Waals surface area contributed by atoms with Gasteiger partial charge in [0, 0.05) is 24.4 Å². The maximum atomic E-state index is 12.4. The third kappa shape index (κ3) is 4.38. The lowest BCUT2D eigenvalue weighted by Gasteiger charge is -2.37. The molecule has 1 amide bonds. The molecular weight excluding hydrogens is 328 g/mol. The van der Waals surface area contributed by atoms with Gasteiger partial charge in [-0.15, -0.1) is 0 Å². The van der Waals surface area contributed by atoms with Gasteiger partial charge in [0.2, 0.25) is 0 Å². The van der Waals surface area contributed by atoms with Gasteiger partial charge in [0.25, 0.3) is 5.91 Å². The molecule has 1 heterocycles. The number of benzene rings is 1. The first kappa shape index (κ1) is 19.2. The number of likely N-dealkylation sites (tertiary alicyclic amines) is 1. The average molecular weight is 362 g/mol. The number of piperidine rings is 1. The monoisotopic (exact) mass is 361 g/mol. The maximum Gasteiger partial charge on any atom is 0.275 e. The van der Waals surface area contributed by atoms with Crippen molar-refractivity contribution in [1.29, 1.82) is 0 Å².